The highest BCUT2D eigenvalue weighted by Crippen LogP contribution is 2.41. The van der Waals surface area contributed by atoms with Gasteiger partial charge < -0.3 is 57.0 Å². The van der Waals surface area contributed by atoms with Crippen LogP contribution in [0.15, 0.2) is 182 Å². The summed E-state index contributed by atoms with van der Waals surface area (Å²) in [5, 5.41) is 27.5. The SMILES string of the molecule is COc1ccc(CO[C@@H]2CCC[C@@H]2/C=C\C(O)C2OC(C)(C)OC2CCO[Si](c2ccccc2)(c2ccccc2)C(C)(C)C)cc1.COc1ccc(CO[C@H]2CCC[C@@H]2C#CC(O)C2OC(C)(C)OC2CCO[Si](c2ccccc2)(c2ccccc2)C(C)(C)C)cc1. The van der Waals surface area contributed by atoms with E-state index in [4.69, 9.17) is 46.7 Å². The highest BCUT2D eigenvalue weighted by molar-refractivity contribution is 7.00. The first-order valence-corrected chi connectivity index (χ1v) is 37.1. The van der Waals surface area contributed by atoms with Gasteiger partial charge in [0, 0.05) is 25.0 Å². The van der Waals surface area contributed by atoms with E-state index in [1.807, 2.05) is 82.3 Å². The zero-order valence-electron chi connectivity index (χ0n) is 56.6. The van der Waals surface area contributed by atoms with Gasteiger partial charge in [-0.2, -0.15) is 0 Å². The fourth-order valence-corrected chi connectivity index (χ4v) is 23.2. The molecule has 0 aromatic heterocycles. The van der Waals surface area contributed by atoms with Gasteiger partial charge in [-0.05, 0) is 139 Å². The summed E-state index contributed by atoms with van der Waals surface area (Å²) in [6.07, 6.45) is 7.98. The number of hydrogen-bond donors (Lipinski definition) is 2. The Balaban J connectivity index is 0.000000217. The summed E-state index contributed by atoms with van der Waals surface area (Å²) in [5.41, 5.74) is 2.22. The zero-order valence-corrected chi connectivity index (χ0v) is 58.6. The van der Waals surface area contributed by atoms with Crippen molar-refractivity contribution in [1.29, 1.82) is 0 Å². The van der Waals surface area contributed by atoms with Crippen LogP contribution in [0, 0.1) is 23.7 Å². The molecule has 10 rings (SSSR count). The van der Waals surface area contributed by atoms with Crippen molar-refractivity contribution < 1.29 is 57.0 Å². The van der Waals surface area contributed by atoms with Crippen LogP contribution in [0.25, 0.3) is 0 Å². The molecule has 0 amide bonds. The van der Waals surface area contributed by atoms with Gasteiger partial charge in [-0.15, -0.1) is 0 Å². The molecule has 2 aliphatic heterocycles. The molecule has 0 spiro atoms. The van der Waals surface area contributed by atoms with E-state index in [-0.39, 0.29) is 46.3 Å². The third-order valence-corrected chi connectivity index (χ3v) is 28.6. The maximum atomic E-state index is 11.4. The lowest BCUT2D eigenvalue weighted by molar-refractivity contribution is -0.153. The summed E-state index contributed by atoms with van der Waals surface area (Å²) in [4.78, 5) is 0. The monoisotopic (exact) mass is 1290 g/mol. The smallest absolute Gasteiger partial charge is 0.261 e. The van der Waals surface area contributed by atoms with Gasteiger partial charge in [0.15, 0.2) is 11.6 Å². The highest BCUT2D eigenvalue weighted by atomic mass is 28.4. The summed E-state index contributed by atoms with van der Waals surface area (Å²) in [7, 11) is -2.03. The molecule has 2 N–H and O–H groups in total. The van der Waals surface area contributed by atoms with Crippen LogP contribution < -0.4 is 30.2 Å². The van der Waals surface area contributed by atoms with Gasteiger partial charge in [-0.3, -0.25) is 0 Å². The van der Waals surface area contributed by atoms with Crippen molar-refractivity contribution in [2.75, 3.05) is 27.4 Å². The molecule has 6 aromatic carbocycles. The number of benzene rings is 6. The lowest BCUT2D eigenvalue weighted by atomic mass is 10.0. The fourth-order valence-electron chi connectivity index (χ4n) is 14.1. The van der Waals surface area contributed by atoms with Crippen molar-refractivity contribution in [2.24, 2.45) is 11.8 Å². The summed E-state index contributed by atoms with van der Waals surface area (Å²) < 4.78 is 62.7. The molecule has 2 saturated heterocycles. The maximum Gasteiger partial charge on any atom is 0.261 e. The number of aliphatic hydroxyl groups is 2. The quantitative estimate of drug-likeness (QED) is 0.0340. The highest BCUT2D eigenvalue weighted by Gasteiger charge is 2.53. The minimum Gasteiger partial charge on any atom is -0.497 e. The Morgan fingerprint density at radius 1 is 0.511 bits per heavy atom. The lowest BCUT2D eigenvalue weighted by Gasteiger charge is -2.43. The second-order valence-electron chi connectivity index (χ2n) is 28.0. The van der Waals surface area contributed by atoms with Gasteiger partial charge in [0.1, 0.15) is 35.9 Å². The van der Waals surface area contributed by atoms with Crippen LogP contribution >= 0.6 is 0 Å². The summed E-state index contributed by atoms with van der Waals surface area (Å²) >= 11 is 0. The van der Waals surface area contributed by atoms with Crippen molar-refractivity contribution in [1.82, 2.24) is 0 Å². The van der Waals surface area contributed by atoms with Gasteiger partial charge in [0.2, 0.25) is 0 Å². The van der Waals surface area contributed by atoms with Crippen molar-refractivity contribution in [3.05, 3.63) is 193 Å². The number of methoxy groups -OCH3 is 2. The van der Waals surface area contributed by atoms with E-state index >= 15 is 0 Å². The third-order valence-electron chi connectivity index (χ3n) is 18.5. The van der Waals surface area contributed by atoms with E-state index in [1.165, 1.54) is 20.7 Å². The van der Waals surface area contributed by atoms with Crippen LogP contribution in [0.1, 0.15) is 132 Å². The van der Waals surface area contributed by atoms with Crippen LogP contribution in [-0.2, 0) is 50.5 Å². The number of hydrogen-bond acceptors (Lipinski definition) is 12. The maximum absolute atomic E-state index is 11.4. The molecule has 6 unspecified atom stereocenters. The fraction of sp³-hybridized carbons (Fsp3) is 0.487. The molecule has 2 heterocycles. The topological polar surface area (TPSA) is 133 Å². The normalized spacial score (nSPS) is 23.7. The number of rotatable bonds is 24. The van der Waals surface area contributed by atoms with Crippen molar-refractivity contribution in [2.45, 2.75) is 204 Å². The van der Waals surface area contributed by atoms with Crippen molar-refractivity contribution in [3.63, 3.8) is 0 Å². The van der Waals surface area contributed by atoms with Gasteiger partial charge in [-0.1, -0.05) is 218 Å². The molecule has 4 aliphatic rings. The van der Waals surface area contributed by atoms with E-state index in [0.29, 0.717) is 39.3 Å². The first kappa shape index (κ1) is 70.6. The molecule has 92 heavy (non-hydrogen) atoms. The van der Waals surface area contributed by atoms with Gasteiger partial charge in [-0.25, -0.2) is 0 Å². The Labute approximate surface area is 551 Å². The Morgan fingerprint density at radius 2 is 0.902 bits per heavy atom. The second-order valence-corrected chi connectivity index (χ2v) is 36.6. The number of aliphatic hydroxyl groups excluding tert-OH is 2. The molecule has 2 saturated carbocycles. The van der Waals surface area contributed by atoms with E-state index in [1.54, 1.807) is 14.2 Å². The summed E-state index contributed by atoms with van der Waals surface area (Å²) in [6.45, 7) is 23.3. The van der Waals surface area contributed by atoms with Gasteiger partial charge >= 0.3 is 0 Å². The molecule has 4 fully saturated rings. The van der Waals surface area contributed by atoms with Crippen molar-refractivity contribution >= 4 is 37.4 Å². The molecular weight excluding hydrogens is 1190 g/mol. The first-order chi connectivity index (χ1) is 44.0. The minimum atomic E-state index is -2.69. The van der Waals surface area contributed by atoms with Crippen LogP contribution in [-0.4, -0.2) is 115 Å². The van der Waals surface area contributed by atoms with E-state index in [9.17, 15) is 10.2 Å². The number of ether oxygens (including phenoxy) is 8. The summed E-state index contributed by atoms with van der Waals surface area (Å²) in [5.74, 6) is 6.85. The standard InChI is InChI=1S/C39H52O6Si.C39H50O6Si/c2*1-38(2,3)46(32-15-9-7-10-16-32,33-17-11-8-12-18-33)43-27-26-36-37(45-39(4,5)44-36)34(40)25-22-30-14-13-19-35(30)42-28-29-20-23-31(41-6)24-21-29/h7-12,15-18,20-25,30,34-37,40H,13-14,19,26-28H2,1-6H3;7-12,15-18,20-21,23-24,30,34-37,40H,13-14,19,26-28H2,1-6H3/b25-22-;/t30-,34?,35-,36?,37?;30-,34?,35+,36?,37?/m11/s1. The first-order valence-electron chi connectivity index (χ1n) is 33.3. The molecule has 6 aromatic rings. The van der Waals surface area contributed by atoms with Crippen LogP contribution in [0.3, 0.4) is 0 Å². The molecule has 494 valence electrons. The van der Waals surface area contributed by atoms with E-state index in [0.717, 1.165) is 61.2 Å². The van der Waals surface area contributed by atoms with Crippen LogP contribution in [0.2, 0.25) is 10.1 Å². The van der Waals surface area contributed by atoms with E-state index in [2.05, 4.69) is 181 Å². The zero-order chi connectivity index (χ0) is 65.6. The molecular formula is C78H102O12Si2. The predicted molar refractivity (Wildman–Crippen MR) is 371 cm³/mol. The van der Waals surface area contributed by atoms with E-state index < -0.39 is 52.6 Å². The Kier molecular flexibility index (Phi) is 24.3. The second kappa shape index (κ2) is 31.7. The molecule has 0 bridgehead atoms. The predicted octanol–water partition coefficient (Wildman–Crippen LogP) is 13.0. The van der Waals surface area contributed by atoms with Gasteiger partial charge in [0.05, 0.1) is 51.8 Å². The average molecular weight is 1290 g/mol. The average Bonchev–Trinajstić information content (AvgIpc) is 1.04. The minimum absolute atomic E-state index is 0.0367. The van der Waals surface area contributed by atoms with Gasteiger partial charge in [0.25, 0.3) is 16.6 Å². The van der Waals surface area contributed by atoms with Crippen LogP contribution in [0.5, 0.6) is 11.5 Å². The Bertz CT molecular complexity index is 3190. The third kappa shape index (κ3) is 17.6. The Morgan fingerprint density at radius 3 is 1.33 bits per heavy atom. The lowest BCUT2D eigenvalue weighted by Crippen LogP contribution is -2.66. The van der Waals surface area contributed by atoms with Crippen molar-refractivity contribution in [3.8, 4) is 23.3 Å². The molecule has 12 nitrogen and oxygen atoms in total. The summed E-state index contributed by atoms with van der Waals surface area (Å²) in [6, 6.07) is 58.5. The molecule has 0 radical (unpaired) electrons. The van der Waals surface area contributed by atoms with Crippen LogP contribution in [0.4, 0.5) is 0 Å². The molecule has 14 heteroatoms. The largest absolute Gasteiger partial charge is 0.497 e. The molecule has 2 aliphatic carbocycles. The Hall–Kier alpha value is -5.75. The molecule has 10 atom stereocenters.